The second-order valence-corrected chi connectivity index (χ2v) is 10.8. The number of halogens is 1. The molecule has 31 heavy (non-hydrogen) atoms. The molecule has 2 aromatic rings. The number of hydrogen-bond donors (Lipinski definition) is 0. The molecule has 0 N–H and O–H groups in total. The van der Waals surface area contributed by atoms with Gasteiger partial charge in [-0.3, -0.25) is 0 Å². The van der Waals surface area contributed by atoms with Crippen molar-refractivity contribution in [1.29, 1.82) is 0 Å². The summed E-state index contributed by atoms with van der Waals surface area (Å²) in [6, 6.07) is 13.2. The summed E-state index contributed by atoms with van der Waals surface area (Å²) in [7, 11) is -3.58. The molecule has 6 nitrogen and oxygen atoms in total. The first kappa shape index (κ1) is 22.1. The molecule has 0 unspecified atom stereocenters. The van der Waals surface area contributed by atoms with Crippen LogP contribution >= 0.6 is 11.6 Å². The molecule has 0 bridgehead atoms. The summed E-state index contributed by atoms with van der Waals surface area (Å²) in [5, 5.41) is 0.451. The van der Waals surface area contributed by atoms with Gasteiger partial charge in [0, 0.05) is 43.8 Å². The number of amides is 2. The Kier molecular flexibility index (Phi) is 6.28. The van der Waals surface area contributed by atoms with Gasteiger partial charge in [-0.05, 0) is 49.9 Å². The van der Waals surface area contributed by atoms with E-state index in [1.165, 1.54) is 15.9 Å². The third-order valence-electron chi connectivity index (χ3n) is 6.23. The molecule has 2 aromatic carbocycles. The molecule has 0 saturated carbocycles. The summed E-state index contributed by atoms with van der Waals surface area (Å²) >= 11 is 6.13. The number of nitrogens with zero attached hydrogens (tertiary/aromatic N) is 3. The van der Waals surface area contributed by atoms with Gasteiger partial charge in [0.25, 0.3) is 0 Å². The average Bonchev–Trinajstić information content (AvgIpc) is 3.10. The normalized spacial score (nSPS) is 18.7. The molecule has 166 valence electrons. The first-order chi connectivity index (χ1) is 14.8. The molecular weight excluding hydrogens is 434 g/mol. The topological polar surface area (TPSA) is 60.9 Å². The standard InChI is InChI=1S/C23H28ClN3O3S/c1-17-4-3-5-19(14-17)16-25-12-13-27(23(25)28)20-8-10-26(11-9-20)31(29,30)21-7-6-18(2)22(24)15-21/h3-7,14-15,20H,8-13,16H2,1-2H3. The van der Waals surface area contributed by atoms with Crippen LogP contribution in [-0.2, 0) is 16.6 Å². The van der Waals surface area contributed by atoms with Crippen LogP contribution in [0.1, 0.15) is 29.5 Å². The maximum Gasteiger partial charge on any atom is 0.320 e. The third kappa shape index (κ3) is 4.59. The van der Waals surface area contributed by atoms with Crippen molar-refractivity contribution in [1.82, 2.24) is 14.1 Å². The second kappa shape index (κ2) is 8.81. The first-order valence-electron chi connectivity index (χ1n) is 10.6. The summed E-state index contributed by atoms with van der Waals surface area (Å²) in [6.07, 6.45) is 1.28. The van der Waals surface area contributed by atoms with Crippen LogP contribution in [-0.4, -0.2) is 60.8 Å². The molecule has 2 heterocycles. The van der Waals surface area contributed by atoms with Crippen molar-refractivity contribution in [3.63, 3.8) is 0 Å². The molecule has 2 fully saturated rings. The molecule has 0 radical (unpaired) electrons. The summed E-state index contributed by atoms with van der Waals surface area (Å²) < 4.78 is 27.5. The first-order valence-corrected chi connectivity index (χ1v) is 12.4. The fourth-order valence-corrected chi connectivity index (χ4v) is 6.14. The van der Waals surface area contributed by atoms with Gasteiger partial charge in [-0.2, -0.15) is 4.31 Å². The molecule has 8 heteroatoms. The van der Waals surface area contributed by atoms with Crippen LogP contribution in [0, 0.1) is 13.8 Å². The van der Waals surface area contributed by atoms with E-state index in [9.17, 15) is 13.2 Å². The number of hydrogen-bond acceptors (Lipinski definition) is 3. The van der Waals surface area contributed by atoms with E-state index in [2.05, 4.69) is 6.07 Å². The Hall–Kier alpha value is -2.09. The van der Waals surface area contributed by atoms with Crippen LogP contribution in [0.15, 0.2) is 47.4 Å². The van der Waals surface area contributed by atoms with Crippen LogP contribution in [0.2, 0.25) is 5.02 Å². The Morgan fingerprint density at radius 3 is 2.42 bits per heavy atom. The number of piperidine rings is 1. The summed E-state index contributed by atoms with van der Waals surface area (Å²) in [6.45, 7) is 6.70. The highest BCUT2D eigenvalue weighted by Crippen LogP contribution is 2.28. The lowest BCUT2D eigenvalue weighted by Gasteiger charge is -2.36. The predicted octanol–water partition coefficient (Wildman–Crippen LogP) is 4.05. The molecule has 0 aliphatic carbocycles. The lowest BCUT2D eigenvalue weighted by atomic mass is 10.1. The van der Waals surface area contributed by atoms with Gasteiger partial charge < -0.3 is 9.80 Å². The molecule has 0 aromatic heterocycles. The zero-order valence-electron chi connectivity index (χ0n) is 17.9. The van der Waals surface area contributed by atoms with Crippen molar-refractivity contribution >= 4 is 27.7 Å². The number of rotatable bonds is 5. The van der Waals surface area contributed by atoms with Crippen molar-refractivity contribution in [2.75, 3.05) is 26.2 Å². The zero-order valence-corrected chi connectivity index (χ0v) is 19.5. The number of benzene rings is 2. The Morgan fingerprint density at radius 1 is 1.00 bits per heavy atom. The molecule has 2 aliphatic rings. The van der Waals surface area contributed by atoms with Gasteiger partial charge in [0.1, 0.15) is 0 Å². The zero-order chi connectivity index (χ0) is 22.2. The molecule has 2 saturated heterocycles. The lowest BCUT2D eigenvalue weighted by Crippen LogP contribution is -2.47. The van der Waals surface area contributed by atoms with Gasteiger partial charge in [-0.25, -0.2) is 13.2 Å². The molecular formula is C23H28ClN3O3S. The third-order valence-corrected chi connectivity index (χ3v) is 8.53. The Labute approximate surface area is 189 Å². The Balaban J connectivity index is 1.37. The summed E-state index contributed by atoms with van der Waals surface area (Å²) in [5.74, 6) is 0. The number of aryl methyl sites for hydroxylation is 2. The van der Waals surface area contributed by atoms with Crippen molar-refractivity contribution in [2.24, 2.45) is 0 Å². The van der Waals surface area contributed by atoms with E-state index in [-0.39, 0.29) is 17.0 Å². The van der Waals surface area contributed by atoms with E-state index in [0.717, 1.165) is 11.1 Å². The van der Waals surface area contributed by atoms with Gasteiger partial charge in [0.15, 0.2) is 0 Å². The van der Waals surface area contributed by atoms with Crippen LogP contribution in [0.5, 0.6) is 0 Å². The summed E-state index contributed by atoms with van der Waals surface area (Å²) in [4.78, 5) is 17.0. The minimum absolute atomic E-state index is 0.0492. The highest BCUT2D eigenvalue weighted by molar-refractivity contribution is 7.89. The maximum absolute atomic E-state index is 13.0. The maximum atomic E-state index is 13.0. The average molecular weight is 462 g/mol. The second-order valence-electron chi connectivity index (χ2n) is 8.43. The minimum Gasteiger partial charge on any atom is -0.320 e. The van der Waals surface area contributed by atoms with Gasteiger partial charge in [0.05, 0.1) is 4.90 Å². The monoisotopic (exact) mass is 461 g/mol. The van der Waals surface area contributed by atoms with Crippen LogP contribution < -0.4 is 0 Å². The number of carbonyl (C=O) groups excluding carboxylic acids is 1. The van der Waals surface area contributed by atoms with Crippen molar-refractivity contribution < 1.29 is 13.2 Å². The van der Waals surface area contributed by atoms with Crippen molar-refractivity contribution in [3.8, 4) is 0 Å². The predicted molar refractivity (Wildman–Crippen MR) is 122 cm³/mol. The van der Waals surface area contributed by atoms with Crippen LogP contribution in [0.3, 0.4) is 0 Å². The van der Waals surface area contributed by atoms with E-state index in [1.54, 1.807) is 12.1 Å². The number of urea groups is 1. The van der Waals surface area contributed by atoms with E-state index in [0.29, 0.717) is 50.6 Å². The van der Waals surface area contributed by atoms with E-state index in [1.807, 2.05) is 41.8 Å². The minimum atomic E-state index is -3.58. The Morgan fingerprint density at radius 2 is 1.74 bits per heavy atom. The highest BCUT2D eigenvalue weighted by Gasteiger charge is 2.37. The summed E-state index contributed by atoms with van der Waals surface area (Å²) in [5.41, 5.74) is 3.17. The molecule has 2 aliphatic heterocycles. The molecule has 0 atom stereocenters. The van der Waals surface area contributed by atoms with Crippen molar-refractivity contribution in [2.45, 2.75) is 44.2 Å². The van der Waals surface area contributed by atoms with Gasteiger partial charge in [-0.1, -0.05) is 47.5 Å². The highest BCUT2D eigenvalue weighted by atomic mass is 35.5. The largest absolute Gasteiger partial charge is 0.320 e. The Bertz CT molecular complexity index is 1080. The fourth-order valence-electron chi connectivity index (χ4n) is 4.40. The van der Waals surface area contributed by atoms with Gasteiger partial charge in [0.2, 0.25) is 10.0 Å². The SMILES string of the molecule is Cc1cccc(CN2CCN(C3CCN(S(=O)(=O)c4ccc(C)c(Cl)c4)CC3)C2=O)c1. The van der Waals surface area contributed by atoms with Gasteiger partial charge in [-0.15, -0.1) is 0 Å². The number of carbonyl (C=O) groups is 1. The van der Waals surface area contributed by atoms with Gasteiger partial charge >= 0.3 is 6.03 Å². The molecule has 2 amide bonds. The lowest BCUT2D eigenvalue weighted by molar-refractivity contribution is 0.153. The van der Waals surface area contributed by atoms with E-state index < -0.39 is 10.0 Å². The van der Waals surface area contributed by atoms with E-state index >= 15 is 0 Å². The fraction of sp³-hybridized carbons (Fsp3) is 0.435. The number of sulfonamides is 1. The van der Waals surface area contributed by atoms with Crippen LogP contribution in [0.25, 0.3) is 0 Å². The smallest absolute Gasteiger partial charge is 0.320 e. The van der Waals surface area contributed by atoms with Crippen LogP contribution in [0.4, 0.5) is 4.79 Å². The molecule has 4 rings (SSSR count). The van der Waals surface area contributed by atoms with Crippen molar-refractivity contribution in [3.05, 3.63) is 64.2 Å². The quantitative estimate of drug-likeness (QED) is 0.674. The molecule has 0 spiro atoms. The van der Waals surface area contributed by atoms with E-state index in [4.69, 9.17) is 11.6 Å².